The number of rotatable bonds is 3. The Morgan fingerprint density at radius 1 is 1.04 bits per heavy atom. The van der Waals surface area contributed by atoms with Crippen LogP contribution in [0.3, 0.4) is 0 Å². The lowest BCUT2D eigenvalue weighted by molar-refractivity contribution is 0.0956. The summed E-state index contributed by atoms with van der Waals surface area (Å²) in [5.41, 5.74) is 1.12. The molecule has 0 fully saturated rings. The van der Waals surface area contributed by atoms with E-state index in [0.717, 1.165) is 10.9 Å². The summed E-state index contributed by atoms with van der Waals surface area (Å²) in [5.74, 6) is -1.01. The molecule has 6 heteroatoms. The number of fused-ring (bicyclic) bond motifs is 1. The van der Waals surface area contributed by atoms with E-state index in [2.05, 4.69) is 10.2 Å². The van der Waals surface area contributed by atoms with Gasteiger partial charge < -0.3 is 0 Å². The number of aromatic nitrogens is 3. The highest BCUT2D eigenvalue weighted by Gasteiger charge is 2.15. The number of hydrogen-bond acceptors (Lipinski definition) is 3. The molecule has 0 amide bonds. The Balaban J connectivity index is 1.74. The summed E-state index contributed by atoms with van der Waals surface area (Å²) in [7, 11) is 0. The first kappa shape index (κ1) is 16.0. The maximum Gasteiger partial charge on any atom is 0.272 e. The lowest BCUT2D eigenvalue weighted by atomic mass is 10.0. The van der Waals surface area contributed by atoms with E-state index in [1.807, 2.05) is 12.1 Å². The lowest BCUT2D eigenvalue weighted by Gasteiger charge is -2.08. The molecule has 26 heavy (non-hydrogen) atoms. The highest BCUT2D eigenvalue weighted by atomic mass is 19.1. The molecule has 0 unspecified atom stereocenters. The van der Waals surface area contributed by atoms with Crippen molar-refractivity contribution in [1.29, 1.82) is 0 Å². The van der Waals surface area contributed by atoms with Crippen molar-refractivity contribution in [3.05, 3.63) is 100.0 Å². The van der Waals surface area contributed by atoms with Gasteiger partial charge in [0.25, 0.3) is 11.5 Å². The number of aromatic amines is 1. The van der Waals surface area contributed by atoms with Crippen molar-refractivity contribution in [1.82, 2.24) is 14.8 Å². The molecule has 2 aromatic carbocycles. The number of hydrogen-bond donors (Lipinski definition) is 1. The summed E-state index contributed by atoms with van der Waals surface area (Å²) < 4.78 is 15.5. The van der Waals surface area contributed by atoms with Crippen LogP contribution in [0.5, 0.6) is 0 Å². The van der Waals surface area contributed by atoms with Crippen LogP contribution < -0.4 is 5.56 Å². The van der Waals surface area contributed by atoms with Crippen molar-refractivity contribution in [2.45, 2.75) is 6.42 Å². The molecule has 0 saturated carbocycles. The second kappa shape index (κ2) is 6.40. The van der Waals surface area contributed by atoms with Crippen LogP contribution in [-0.4, -0.2) is 20.7 Å². The first-order valence-corrected chi connectivity index (χ1v) is 8.06. The normalized spacial score (nSPS) is 11.0. The Bertz CT molecular complexity index is 1160. The second-order valence-corrected chi connectivity index (χ2v) is 5.93. The van der Waals surface area contributed by atoms with Gasteiger partial charge in [-0.15, -0.1) is 0 Å². The van der Waals surface area contributed by atoms with Gasteiger partial charge in [-0.3, -0.25) is 14.2 Å². The first-order chi connectivity index (χ1) is 12.6. The van der Waals surface area contributed by atoms with Gasteiger partial charge in [-0.25, -0.2) is 9.49 Å². The van der Waals surface area contributed by atoms with Crippen molar-refractivity contribution in [3.8, 4) is 0 Å². The Kier molecular flexibility index (Phi) is 3.93. The zero-order valence-electron chi connectivity index (χ0n) is 13.6. The number of nitrogens with one attached hydrogen (secondary N) is 1. The Hall–Kier alpha value is -3.54. The minimum atomic E-state index is -0.577. The molecular formula is C20H14FN3O2. The monoisotopic (exact) mass is 347 g/mol. The van der Waals surface area contributed by atoms with Crippen LogP contribution in [0.2, 0.25) is 0 Å². The average Bonchev–Trinajstić information content (AvgIpc) is 3.20. The fourth-order valence-corrected chi connectivity index (χ4v) is 2.95. The van der Waals surface area contributed by atoms with Gasteiger partial charge in [0.15, 0.2) is 0 Å². The number of benzene rings is 2. The van der Waals surface area contributed by atoms with E-state index in [1.54, 1.807) is 42.7 Å². The summed E-state index contributed by atoms with van der Waals surface area (Å²) in [6.07, 6.45) is 3.51. The lowest BCUT2D eigenvalue weighted by Crippen LogP contribution is -2.13. The molecule has 4 rings (SSSR count). The molecule has 4 aromatic rings. The van der Waals surface area contributed by atoms with E-state index in [0.29, 0.717) is 17.5 Å². The summed E-state index contributed by atoms with van der Waals surface area (Å²) >= 11 is 0. The highest BCUT2D eigenvalue weighted by molar-refractivity contribution is 5.96. The van der Waals surface area contributed by atoms with Crippen LogP contribution in [0.15, 0.2) is 71.8 Å². The van der Waals surface area contributed by atoms with Crippen molar-refractivity contribution in [3.63, 3.8) is 0 Å². The molecule has 0 aliphatic heterocycles. The van der Waals surface area contributed by atoms with E-state index >= 15 is 0 Å². The molecular weight excluding hydrogens is 333 g/mol. The topological polar surface area (TPSA) is 67.8 Å². The van der Waals surface area contributed by atoms with Crippen molar-refractivity contribution < 1.29 is 9.18 Å². The third-order valence-corrected chi connectivity index (χ3v) is 4.25. The zero-order chi connectivity index (χ0) is 18.1. The number of H-pyrrole nitrogens is 1. The van der Waals surface area contributed by atoms with Crippen LogP contribution in [0.25, 0.3) is 10.8 Å². The molecule has 0 radical (unpaired) electrons. The molecule has 0 spiro atoms. The van der Waals surface area contributed by atoms with Gasteiger partial charge in [-0.05, 0) is 35.9 Å². The Labute approximate surface area is 147 Å². The predicted molar refractivity (Wildman–Crippen MR) is 95.7 cm³/mol. The third kappa shape index (κ3) is 2.82. The molecule has 0 atom stereocenters. The van der Waals surface area contributed by atoms with Crippen LogP contribution in [0.4, 0.5) is 4.39 Å². The third-order valence-electron chi connectivity index (χ3n) is 4.25. The summed E-state index contributed by atoms with van der Waals surface area (Å²) in [5, 5.41) is 7.89. The Morgan fingerprint density at radius 3 is 2.54 bits per heavy atom. The average molecular weight is 347 g/mol. The minimum absolute atomic E-state index is 0.00701. The number of halogens is 1. The van der Waals surface area contributed by atoms with Crippen LogP contribution in [0, 0.1) is 5.82 Å². The van der Waals surface area contributed by atoms with E-state index in [9.17, 15) is 14.0 Å². The maximum absolute atomic E-state index is 14.2. The van der Waals surface area contributed by atoms with Crippen molar-refractivity contribution in [2.24, 2.45) is 0 Å². The fourth-order valence-electron chi connectivity index (χ4n) is 2.95. The smallest absolute Gasteiger partial charge is 0.272 e. The number of nitrogens with zero attached hydrogens (tertiary/aromatic N) is 2. The van der Waals surface area contributed by atoms with Crippen LogP contribution in [-0.2, 0) is 6.42 Å². The summed E-state index contributed by atoms with van der Waals surface area (Å²) in [4.78, 5) is 24.3. The maximum atomic E-state index is 14.2. The highest BCUT2D eigenvalue weighted by Crippen LogP contribution is 2.19. The Morgan fingerprint density at radius 2 is 1.77 bits per heavy atom. The van der Waals surface area contributed by atoms with Crippen LogP contribution in [0.1, 0.15) is 21.6 Å². The van der Waals surface area contributed by atoms with Crippen molar-refractivity contribution in [2.75, 3.05) is 0 Å². The summed E-state index contributed by atoms with van der Waals surface area (Å²) in [6, 6.07) is 15.0. The number of carbonyl (C=O) groups excluding carboxylic acids is 1. The second-order valence-electron chi connectivity index (χ2n) is 5.93. The molecule has 128 valence electrons. The van der Waals surface area contributed by atoms with Gasteiger partial charge in [0, 0.05) is 24.2 Å². The molecule has 0 bridgehead atoms. The van der Waals surface area contributed by atoms with E-state index in [-0.39, 0.29) is 11.1 Å². The van der Waals surface area contributed by atoms with E-state index < -0.39 is 11.7 Å². The van der Waals surface area contributed by atoms with Gasteiger partial charge >= 0.3 is 0 Å². The van der Waals surface area contributed by atoms with Gasteiger partial charge in [-0.2, -0.15) is 5.10 Å². The van der Waals surface area contributed by atoms with Crippen molar-refractivity contribution >= 4 is 16.7 Å². The molecule has 0 saturated heterocycles. The van der Waals surface area contributed by atoms with Gasteiger partial charge in [0.2, 0.25) is 0 Å². The number of carbonyl (C=O) groups is 1. The standard InChI is InChI=1S/C20H14FN3O2/c21-17-8-7-13(11-16(17)20(26)24-9-3-4-10-24)12-18-14-5-1-2-6-15(14)19(25)23-22-18/h1-11H,12H2,(H,23,25). The quantitative estimate of drug-likeness (QED) is 0.619. The molecule has 5 nitrogen and oxygen atoms in total. The largest absolute Gasteiger partial charge is 0.291 e. The molecule has 0 aliphatic rings. The van der Waals surface area contributed by atoms with Gasteiger partial charge in [-0.1, -0.05) is 24.3 Å². The minimum Gasteiger partial charge on any atom is -0.291 e. The molecule has 1 N–H and O–H groups in total. The van der Waals surface area contributed by atoms with Crippen LogP contribution >= 0.6 is 0 Å². The molecule has 2 aromatic heterocycles. The summed E-state index contributed by atoms with van der Waals surface area (Å²) in [6.45, 7) is 0. The fraction of sp³-hybridized carbons (Fsp3) is 0.0500. The van der Waals surface area contributed by atoms with E-state index in [1.165, 1.54) is 16.7 Å². The van der Waals surface area contributed by atoms with Gasteiger partial charge in [0.05, 0.1) is 16.6 Å². The zero-order valence-corrected chi connectivity index (χ0v) is 13.6. The first-order valence-electron chi connectivity index (χ1n) is 8.06. The SMILES string of the molecule is O=C(c1cc(Cc2n[nH]c(=O)c3ccccc23)ccc1F)n1cccc1. The van der Waals surface area contributed by atoms with E-state index in [4.69, 9.17) is 0 Å². The predicted octanol–water partition coefficient (Wildman–Crippen LogP) is 3.14. The van der Waals surface area contributed by atoms with Gasteiger partial charge in [0.1, 0.15) is 5.82 Å². The molecule has 2 heterocycles. The molecule has 0 aliphatic carbocycles.